The number of aliphatic imine (C=N–C) groups is 1. The van der Waals surface area contributed by atoms with Gasteiger partial charge in [0.15, 0.2) is 5.96 Å². The van der Waals surface area contributed by atoms with Gasteiger partial charge >= 0.3 is 0 Å². The normalized spacial score (nSPS) is 19.4. The molecule has 5 nitrogen and oxygen atoms in total. The summed E-state index contributed by atoms with van der Waals surface area (Å²) in [5.41, 5.74) is 3.88. The lowest BCUT2D eigenvalue weighted by atomic mass is 10.0. The molecule has 0 spiro atoms. The van der Waals surface area contributed by atoms with E-state index in [1.54, 1.807) is 0 Å². The first kappa shape index (κ1) is 23.3. The molecule has 0 atom stereocenters. The zero-order chi connectivity index (χ0) is 19.2. The number of piperidine rings is 1. The Balaban J connectivity index is 0.00000280. The lowest BCUT2D eigenvalue weighted by Gasteiger charge is -2.36. The number of nitrogens with zero attached hydrogens (tertiary/aromatic N) is 3. The Labute approximate surface area is 188 Å². The smallest absolute Gasteiger partial charge is 0.191 e. The lowest BCUT2D eigenvalue weighted by molar-refractivity contribution is 0.150. The van der Waals surface area contributed by atoms with E-state index in [4.69, 9.17) is 0 Å². The van der Waals surface area contributed by atoms with Crippen LogP contribution in [0.3, 0.4) is 0 Å². The summed E-state index contributed by atoms with van der Waals surface area (Å²) in [6, 6.07) is 8.03. The molecular weight excluding hydrogens is 461 g/mol. The quantitative estimate of drug-likeness (QED) is 0.368. The number of anilines is 1. The van der Waals surface area contributed by atoms with Crippen LogP contribution in [-0.4, -0.2) is 57.2 Å². The number of halogens is 1. The van der Waals surface area contributed by atoms with Gasteiger partial charge in [-0.15, -0.1) is 24.0 Å². The molecule has 158 valence electrons. The van der Waals surface area contributed by atoms with Crippen molar-refractivity contribution in [3.63, 3.8) is 0 Å². The van der Waals surface area contributed by atoms with E-state index in [0.717, 1.165) is 18.5 Å². The van der Waals surface area contributed by atoms with Crippen molar-refractivity contribution < 1.29 is 0 Å². The summed E-state index contributed by atoms with van der Waals surface area (Å²) in [7, 11) is 6.03. The molecule has 0 aromatic heterocycles. The maximum Gasteiger partial charge on any atom is 0.191 e. The Bertz CT molecular complexity index is 632. The van der Waals surface area contributed by atoms with Crippen molar-refractivity contribution in [2.45, 2.75) is 64.1 Å². The van der Waals surface area contributed by atoms with Crippen LogP contribution in [0.1, 0.15) is 49.7 Å². The molecule has 1 aromatic carbocycles. The largest absolute Gasteiger partial charge is 0.378 e. The molecule has 2 N–H and O–H groups in total. The highest BCUT2D eigenvalue weighted by atomic mass is 127. The molecule has 3 rings (SSSR count). The van der Waals surface area contributed by atoms with E-state index in [9.17, 15) is 0 Å². The van der Waals surface area contributed by atoms with Gasteiger partial charge in [-0.3, -0.25) is 4.99 Å². The molecule has 1 saturated carbocycles. The second-order valence-electron chi connectivity index (χ2n) is 8.32. The number of hydrogen-bond donors (Lipinski definition) is 2. The summed E-state index contributed by atoms with van der Waals surface area (Å²) in [4.78, 5) is 9.30. The van der Waals surface area contributed by atoms with Gasteiger partial charge in [-0.05, 0) is 55.9 Å². The highest BCUT2D eigenvalue weighted by molar-refractivity contribution is 14.0. The van der Waals surface area contributed by atoms with Crippen LogP contribution < -0.4 is 15.5 Å². The van der Waals surface area contributed by atoms with Crippen molar-refractivity contribution in [2.24, 2.45) is 4.99 Å². The average Bonchev–Trinajstić information content (AvgIpc) is 3.21. The topological polar surface area (TPSA) is 42.9 Å². The first-order chi connectivity index (χ1) is 13.1. The van der Waals surface area contributed by atoms with Crippen LogP contribution >= 0.6 is 24.0 Å². The van der Waals surface area contributed by atoms with Crippen LogP contribution in [0.4, 0.5) is 5.69 Å². The molecule has 0 unspecified atom stereocenters. The van der Waals surface area contributed by atoms with Crippen molar-refractivity contribution in [1.82, 2.24) is 15.5 Å². The first-order valence-electron chi connectivity index (χ1n) is 10.5. The zero-order valence-corrected chi connectivity index (χ0v) is 20.3. The Kier molecular flexibility index (Phi) is 9.34. The Morgan fingerprint density at radius 3 is 2.39 bits per heavy atom. The number of guanidine groups is 1. The van der Waals surface area contributed by atoms with E-state index in [2.05, 4.69) is 64.6 Å². The molecule has 1 aliphatic carbocycles. The third-order valence-electron chi connectivity index (χ3n) is 6.22. The van der Waals surface area contributed by atoms with Gasteiger partial charge in [-0.1, -0.05) is 18.9 Å². The second kappa shape index (κ2) is 11.2. The van der Waals surface area contributed by atoms with Gasteiger partial charge in [-0.25, -0.2) is 0 Å². The maximum atomic E-state index is 4.44. The summed E-state index contributed by atoms with van der Waals surface area (Å²) in [5.74, 6) is 0.922. The fourth-order valence-electron chi connectivity index (χ4n) is 4.40. The van der Waals surface area contributed by atoms with Gasteiger partial charge in [0.2, 0.25) is 0 Å². The first-order valence-corrected chi connectivity index (χ1v) is 10.5. The Morgan fingerprint density at radius 1 is 1.14 bits per heavy atom. The van der Waals surface area contributed by atoms with E-state index >= 15 is 0 Å². The van der Waals surface area contributed by atoms with Gasteiger partial charge < -0.3 is 20.4 Å². The SMILES string of the molecule is CN=C(NCc1ccc(N(C)C)cc1C)NC1CCN(C2CCCC2)CC1.I. The van der Waals surface area contributed by atoms with E-state index in [1.807, 2.05) is 7.05 Å². The Hall–Kier alpha value is -1.02. The van der Waals surface area contributed by atoms with Crippen molar-refractivity contribution in [1.29, 1.82) is 0 Å². The molecule has 6 heteroatoms. The maximum absolute atomic E-state index is 4.44. The number of rotatable bonds is 5. The van der Waals surface area contributed by atoms with Crippen LogP contribution in [0.25, 0.3) is 0 Å². The van der Waals surface area contributed by atoms with E-state index < -0.39 is 0 Å². The highest BCUT2D eigenvalue weighted by Gasteiger charge is 2.27. The molecule has 1 heterocycles. The highest BCUT2D eigenvalue weighted by Crippen LogP contribution is 2.26. The summed E-state index contributed by atoms with van der Waals surface area (Å²) < 4.78 is 0. The van der Waals surface area contributed by atoms with Crippen molar-refractivity contribution >= 4 is 35.6 Å². The number of nitrogens with one attached hydrogen (secondary N) is 2. The van der Waals surface area contributed by atoms with E-state index in [-0.39, 0.29) is 24.0 Å². The van der Waals surface area contributed by atoms with Crippen LogP contribution in [0.2, 0.25) is 0 Å². The van der Waals surface area contributed by atoms with Crippen LogP contribution in [0.5, 0.6) is 0 Å². The predicted molar refractivity (Wildman–Crippen MR) is 131 cm³/mol. The average molecular weight is 499 g/mol. The Morgan fingerprint density at radius 2 is 1.82 bits per heavy atom. The summed E-state index contributed by atoms with van der Waals surface area (Å²) >= 11 is 0. The van der Waals surface area contributed by atoms with Crippen LogP contribution in [-0.2, 0) is 6.54 Å². The predicted octanol–water partition coefficient (Wildman–Crippen LogP) is 3.75. The third-order valence-corrected chi connectivity index (χ3v) is 6.22. The molecular formula is C22H38IN5. The van der Waals surface area contributed by atoms with Gasteiger partial charge in [-0.2, -0.15) is 0 Å². The molecule has 1 saturated heterocycles. The minimum absolute atomic E-state index is 0. The van der Waals surface area contributed by atoms with Crippen molar-refractivity contribution in [3.05, 3.63) is 29.3 Å². The number of benzene rings is 1. The van der Waals surface area contributed by atoms with Crippen LogP contribution in [0, 0.1) is 6.92 Å². The summed E-state index contributed by atoms with van der Waals surface area (Å²) in [5, 5.41) is 7.14. The summed E-state index contributed by atoms with van der Waals surface area (Å²) in [6.07, 6.45) is 8.10. The third kappa shape index (κ3) is 6.24. The molecule has 0 radical (unpaired) electrons. The van der Waals surface area contributed by atoms with Gasteiger partial charge in [0.1, 0.15) is 0 Å². The summed E-state index contributed by atoms with van der Waals surface area (Å²) in [6.45, 7) is 5.44. The van der Waals surface area contributed by atoms with E-state index in [1.165, 1.54) is 68.4 Å². The molecule has 1 aliphatic heterocycles. The number of likely N-dealkylation sites (tertiary alicyclic amines) is 1. The van der Waals surface area contributed by atoms with Gasteiger partial charge in [0.25, 0.3) is 0 Å². The molecule has 1 aromatic rings. The van der Waals surface area contributed by atoms with Crippen LogP contribution in [0.15, 0.2) is 23.2 Å². The molecule has 2 fully saturated rings. The van der Waals surface area contributed by atoms with Crippen molar-refractivity contribution in [3.8, 4) is 0 Å². The minimum Gasteiger partial charge on any atom is -0.378 e. The lowest BCUT2D eigenvalue weighted by Crippen LogP contribution is -2.50. The fraction of sp³-hybridized carbons (Fsp3) is 0.682. The van der Waals surface area contributed by atoms with Crippen molar-refractivity contribution in [2.75, 3.05) is 39.1 Å². The standard InChI is InChI=1S/C22H37N5.HI/c1-17-15-21(26(3)4)10-9-18(17)16-24-22(23-2)25-19-11-13-27(14-12-19)20-7-5-6-8-20;/h9-10,15,19-20H,5-8,11-14,16H2,1-4H3,(H2,23,24,25);1H. The fourth-order valence-corrected chi connectivity index (χ4v) is 4.40. The molecule has 28 heavy (non-hydrogen) atoms. The molecule has 0 bridgehead atoms. The zero-order valence-electron chi connectivity index (χ0n) is 18.0. The van der Waals surface area contributed by atoms with Gasteiger partial charge in [0, 0.05) is 58.5 Å². The number of aryl methyl sites for hydroxylation is 1. The molecule has 0 amide bonds. The molecule has 2 aliphatic rings. The monoisotopic (exact) mass is 499 g/mol. The minimum atomic E-state index is 0. The second-order valence-corrected chi connectivity index (χ2v) is 8.32. The van der Waals surface area contributed by atoms with Gasteiger partial charge in [0.05, 0.1) is 0 Å². The van der Waals surface area contributed by atoms with E-state index in [0.29, 0.717) is 6.04 Å². The number of hydrogen-bond acceptors (Lipinski definition) is 3.